The van der Waals surface area contributed by atoms with E-state index >= 15 is 0 Å². The van der Waals surface area contributed by atoms with E-state index in [1.165, 1.54) is 0 Å². The lowest BCUT2D eigenvalue weighted by molar-refractivity contribution is 0.0962. The van der Waals surface area contributed by atoms with E-state index in [1.807, 2.05) is 25.2 Å². The lowest BCUT2D eigenvalue weighted by atomic mass is 10.0. The summed E-state index contributed by atoms with van der Waals surface area (Å²) >= 11 is 0. The Bertz CT molecular complexity index is 673. The van der Waals surface area contributed by atoms with Crippen LogP contribution in [0, 0.1) is 0 Å². The molecule has 0 aliphatic carbocycles. The highest BCUT2D eigenvalue weighted by molar-refractivity contribution is 7.89. The van der Waals surface area contributed by atoms with Crippen LogP contribution in [0.15, 0.2) is 24.3 Å². The standard InChI is InChI=1S/C16H25N3O3S/c1-12(2)23(21,22)19-9-8-18(4)15(11-19)13-6-5-7-14(10-13)16(20)17-3/h5-7,10,12,15H,8-9,11H2,1-4H3,(H,17,20)/t15-/m0/s1. The van der Waals surface area contributed by atoms with Crippen molar-refractivity contribution in [2.75, 3.05) is 33.7 Å². The topological polar surface area (TPSA) is 69.7 Å². The normalized spacial score (nSPS) is 20.7. The number of nitrogens with one attached hydrogen (secondary N) is 1. The number of carbonyl (C=O) groups is 1. The van der Waals surface area contributed by atoms with Crippen molar-refractivity contribution in [2.24, 2.45) is 0 Å². The molecule has 1 heterocycles. The molecule has 1 amide bonds. The Labute approximate surface area is 138 Å². The fourth-order valence-corrected chi connectivity index (χ4v) is 4.05. The van der Waals surface area contributed by atoms with Crippen molar-refractivity contribution >= 4 is 15.9 Å². The van der Waals surface area contributed by atoms with Crippen LogP contribution in [0.4, 0.5) is 0 Å². The molecular weight excluding hydrogens is 314 g/mol. The zero-order valence-electron chi connectivity index (χ0n) is 14.1. The van der Waals surface area contributed by atoms with Crippen LogP contribution in [0.3, 0.4) is 0 Å². The van der Waals surface area contributed by atoms with Gasteiger partial charge in [0.25, 0.3) is 5.91 Å². The summed E-state index contributed by atoms with van der Waals surface area (Å²) in [5.74, 6) is -0.142. The van der Waals surface area contributed by atoms with Gasteiger partial charge in [0.1, 0.15) is 0 Å². The third kappa shape index (κ3) is 3.73. The summed E-state index contributed by atoms with van der Waals surface area (Å²) in [5, 5.41) is 2.18. The smallest absolute Gasteiger partial charge is 0.251 e. The van der Waals surface area contributed by atoms with Crippen LogP contribution >= 0.6 is 0 Å². The fourth-order valence-electron chi connectivity index (χ4n) is 2.77. The molecule has 0 bridgehead atoms. The van der Waals surface area contributed by atoms with E-state index in [9.17, 15) is 13.2 Å². The van der Waals surface area contributed by atoms with Gasteiger partial charge in [-0.15, -0.1) is 0 Å². The summed E-state index contributed by atoms with van der Waals surface area (Å²) in [6, 6.07) is 7.32. The quantitative estimate of drug-likeness (QED) is 0.891. The summed E-state index contributed by atoms with van der Waals surface area (Å²) < 4.78 is 26.4. The molecule has 128 valence electrons. The van der Waals surface area contributed by atoms with Crippen LogP contribution in [0.2, 0.25) is 0 Å². The SMILES string of the molecule is CNC(=O)c1cccc([C@@H]2CN(S(=O)(=O)C(C)C)CCN2C)c1. The third-order valence-corrected chi connectivity index (χ3v) is 6.57. The molecule has 0 spiro atoms. The number of carbonyl (C=O) groups excluding carboxylic acids is 1. The van der Waals surface area contributed by atoms with E-state index in [1.54, 1.807) is 31.3 Å². The lowest BCUT2D eigenvalue weighted by Crippen LogP contribution is -2.50. The molecule has 6 nitrogen and oxygen atoms in total. The van der Waals surface area contributed by atoms with E-state index in [0.29, 0.717) is 25.2 Å². The highest BCUT2D eigenvalue weighted by Crippen LogP contribution is 2.27. The summed E-state index contributed by atoms with van der Waals surface area (Å²) in [6.07, 6.45) is 0. The highest BCUT2D eigenvalue weighted by Gasteiger charge is 2.34. The van der Waals surface area contributed by atoms with Crippen LogP contribution in [0.25, 0.3) is 0 Å². The molecular formula is C16H25N3O3S. The Morgan fingerprint density at radius 1 is 1.30 bits per heavy atom. The van der Waals surface area contributed by atoms with E-state index in [-0.39, 0.29) is 11.9 Å². The lowest BCUT2D eigenvalue weighted by Gasteiger charge is -2.39. The average Bonchev–Trinajstić information content (AvgIpc) is 2.54. The predicted octanol–water partition coefficient (Wildman–Crippen LogP) is 1.07. The fraction of sp³-hybridized carbons (Fsp3) is 0.562. The molecule has 0 saturated carbocycles. The Hall–Kier alpha value is -1.44. The summed E-state index contributed by atoms with van der Waals surface area (Å²) in [4.78, 5) is 13.9. The van der Waals surface area contributed by atoms with Gasteiger partial charge in [-0.1, -0.05) is 12.1 Å². The summed E-state index contributed by atoms with van der Waals surface area (Å²) in [6.45, 7) is 4.99. The molecule has 1 N–H and O–H groups in total. The molecule has 0 radical (unpaired) electrons. The number of sulfonamides is 1. The van der Waals surface area contributed by atoms with Crippen molar-refractivity contribution in [3.05, 3.63) is 35.4 Å². The first-order chi connectivity index (χ1) is 10.8. The van der Waals surface area contributed by atoms with Crippen molar-refractivity contribution in [3.63, 3.8) is 0 Å². The zero-order chi connectivity index (χ0) is 17.2. The van der Waals surface area contributed by atoms with Gasteiger partial charge in [-0.2, -0.15) is 4.31 Å². The van der Waals surface area contributed by atoms with E-state index in [0.717, 1.165) is 5.56 Å². The second kappa shape index (κ2) is 6.98. The van der Waals surface area contributed by atoms with Crippen LogP contribution in [0.5, 0.6) is 0 Å². The first-order valence-corrected chi connectivity index (χ1v) is 9.29. The molecule has 1 atom stereocenters. The monoisotopic (exact) mass is 339 g/mol. The molecule has 1 aliphatic heterocycles. The van der Waals surface area contributed by atoms with Gasteiger partial charge in [-0.05, 0) is 38.6 Å². The molecule has 1 aromatic carbocycles. The van der Waals surface area contributed by atoms with E-state index in [2.05, 4.69) is 10.2 Å². The molecule has 1 fully saturated rings. The number of piperazine rings is 1. The van der Waals surface area contributed by atoms with Crippen LogP contribution in [0.1, 0.15) is 35.8 Å². The van der Waals surface area contributed by atoms with Crippen molar-refractivity contribution in [3.8, 4) is 0 Å². The molecule has 0 unspecified atom stereocenters. The Morgan fingerprint density at radius 2 is 2.00 bits per heavy atom. The van der Waals surface area contributed by atoms with Crippen molar-refractivity contribution in [1.82, 2.24) is 14.5 Å². The number of benzene rings is 1. The number of hydrogen-bond donors (Lipinski definition) is 1. The molecule has 2 rings (SSSR count). The first kappa shape index (κ1) is 17.9. The predicted molar refractivity (Wildman–Crippen MR) is 90.8 cm³/mol. The molecule has 23 heavy (non-hydrogen) atoms. The van der Waals surface area contributed by atoms with Gasteiger partial charge in [-0.25, -0.2) is 8.42 Å². The zero-order valence-corrected chi connectivity index (χ0v) is 14.9. The number of likely N-dealkylation sites (N-methyl/N-ethyl adjacent to an activating group) is 1. The van der Waals surface area contributed by atoms with Crippen LogP contribution in [-0.2, 0) is 10.0 Å². The Morgan fingerprint density at radius 3 is 2.61 bits per heavy atom. The number of hydrogen-bond acceptors (Lipinski definition) is 4. The van der Waals surface area contributed by atoms with Gasteiger partial charge in [-0.3, -0.25) is 9.69 Å². The maximum absolute atomic E-state index is 12.4. The summed E-state index contributed by atoms with van der Waals surface area (Å²) in [5.41, 5.74) is 1.54. The van der Waals surface area contributed by atoms with Crippen molar-refractivity contribution in [2.45, 2.75) is 25.1 Å². The van der Waals surface area contributed by atoms with Gasteiger partial charge in [0, 0.05) is 38.3 Å². The molecule has 0 aromatic heterocycles. The number of nitrogens with zero attached hydrogens (tertiary/aromatic N) is 2. The first-order valence-electron chi connectivity index (χ1n) is 7.78. The largest absolute Gasteiger partial charge is 0.355 e. The van der Waals surface area contributed by atoms with E-state index < -0.39 is 15.3 Å². The van der Waals surface area contributed by atoms with Gasteiger partial charge < -0.3 is 5.32 Å². The van der Waals surface area contributed by atoms with Gasteiger partial charge in [0.15, 0.2) is 0 Å². The minimum absolute atomic E-state index is 0.0538. The molecule has 1 saturated heterocycles. The Balaban J connectivity index is 2.29. The van der Waals surface area contributed by atoms with Crippen LogP contribution < -0.4 is 5.32 Å². The van der Waals surface area contributed by atoms with Crippen molar-refractivity contribution in [1.29, 1.82) is 0 Å². The maximum atomic E-state index is 12.4. The van der Waals surface area contributed by atoms with E-state index in [4.69, 9.17) is 0 Å². The number of amides is 1. The highest BCUT2D eigenvalue weighted by atomic mass is 32.2. The minimum Gasteiger partial charge on any atom is -0.355 e. The average molecular weight is 339 g/mol. The second-order valence-corrected chi connectivity index (χ2v) is 8.64. The minimum atomic E-state index is -3.27. The Kier molecular flexibility index (Phi) is 5.44. The maximum Gasteiger partial charge on any atom is 0.251 e. The summed E-state index contributed by atoms with van der Waals surface area (Å²) in [7, 11) is 0.311. The van der Waals surface area contributed by atoms with Gasteiger partial charge in [0.2, 0.25) is 10.0 Å². The van der Waals surface area contributed by atoms with Gasteiger partial charge >= 0.3 is 0 Å². The second-order valence-electron chi connectivity index (χ2n) is 6.15. The molecule has 1 aliphatic rings. The molecule has 1 aromatic rings. The third-order valence-electron chi connectivity index (χ3n) is 4.33. The van der Waals surface area contributed by atoms with Crippen molar-refractivity contribution < 1.29 is 13.2 Å². The van der Waals surface area contributed by atoms with Crippen LogP contribution in [-0.4, -0.2) is 62.5 Å². The molecule has 7 heteroatoms. The number of rotatable bonds is 4. The van der Waals surface area contributed by atoms with Gasteiger partial charge in [0.05, 0.1) is 5.25 Å².